The summed E-state index contributed by atoms with van der Waals surface area (Å²) in [6.45, 7) is 3.05. The van der Waals surface area contributed by atoms with Gasteiger partial charge < -0.3 is 10.4 Å². The van der Waals surface area contributed by atoms with Crippen molar-refractivity contribution >= 4 is 11.9 Å². The van der Waals surface area contributed by atoms with Crippen molar-refractivity contribution < 1.29 is 27.9 Å². The number of carboxylic acid groups (broad SMARTS) is 1. The summed E-state index contributed by atoms with van der Waals surface area (Å²) >= 11 is 0. The maximum atomic E-state index is 13.3. The molecule has 0 heterocycles. The lowest BCUT2D eigenvalue weighted by atomic mass is 10.0. The molecule has 104 valence electrons. The highest BCUT2D eigenvalue weighted by Crippen LogP contribution is 2.15. The molecule has 0 aliphatic rings. The lowest BCUT2D eigenvalue weighted by Gasteiger charge is -2.18. The molecule has 1 rings (SSSR count). The predicted molar refractivity (Wildman–Crippen MR) is 60.0 cm³/mol. The minimum atomic E-state index is -1.39. The molecule has 0 saturated heterocycles. The van der Waals surface area contributed by atoms with Gasteiger partial charge >= 0.3 is 5.97 Å². The van der Waals surface area contributed by atoms with Crippen LogP contribution < -0.4 is 5.32 Å². The zero-order valence-electron chi connectivity index (χ0n) is 10.2. The minimum absolute atomic E-state index is 0.350. The van der Waals surface area contributed by atoms with Crippen molar-refractivity contribution in [3.05, 3.63) is 35.1 Å². The first-order valence-electron chi connectivity index (χ1n) is 5.42. The highest BCUT2D eigenvalue weighted by Gasteiger charge is 2.27. The fourth-order valence-electron chi connectivity index (χ4n) is 1.49. The van der Waals surface area contributed by atoms with Gasteiger partial charge in [0.25, 0.3) is 5.91 Å². The van der Waals surface area contributed by atoms with Gasteiger partial charge in [-0.05, 0) is 5.92 Å². The van der Waals surface area contributed by atoms with Crippen LogP contribution in [-0.2, 0) is 4.79 Å². The van der Waals surface area contributed by atoms with Crippen molar-refractivity contribution in [1.82, 2.24) is 5.32 Å². The van der Waals surface area contributed by atoms with E-state index in [0.29, 0.717) is 12.1 Å². The first kappa shape index (κ1) is 15.0. The second kappa shape index (κ2) is 5.73. The Morgan fingerprint density at radius 2 is 1.63 bits per heavy atom. The molecule has 0 aliphatic heterocycles. The molecule has 0 radical (unpaired) electrons. The van der Waals surface area contributed by atoms with E-state index in [9.17, 15) is 22.8 Å². The summed E-state index contributed by atoms with van der Waals surface area (Å²) in [7, 11) is 0. The van der Waals surface area contributed by atoms with Crippen molar-refractivity contribution in [2.45, 2.75) is 19.9 Å². The van der Waals surface area contributed by atoms with Crippen LogP contribution in [0.25, 0.3) is 0 Å². The van der Waals surface area contributed by atoms with Crippen molar-refractivity contribution in [2.75, 3.05) is 0 Å². The fourth-order valence-corrected chi connectivity index (χ4v) is 1.49. The topological polar surface area (TPSA) is 66.4 Å². The first-order chi connectivity index (χ1) is 8.73. The summed E-state index contributed by atoms with van der Waals surface area (Å²) in [4.78, 5) is 22.5. The van der Waals surface area contributed by atoms with E-state index in [-0.39, 0.29) is 0 Å². The van der Waals surface area contributed by atoms with E-state index >= 15 is 0 Å². The quantitative estimate of drug-likeness (QED) is 0.882. The summed E-state index contributed by atoms with van der Waals surface area (Å²) in [6, 6.07) is -0.594. The molecular formula is C12H12F3NO3. The Hall–Kier alpha value is -2.05. The SMILES string of the molecule is CC(C)C(NC(=O)c1c(F)cc(F)cc1F)C(=O)O. The Morgan fingerprint density at radius 1 is 1.16 bits per heavy atom. The molecule has 19 heavy (non-hydrogen) atoms. The van der Waals surface area contributed by atoms with E-state index in [4.69, 9.17) is 5.11 Å². The van der Waals surface area contributed by atoms with Crippen LogP contribution in [-0.4, -0.2) is 23.0 Å². The molecule has 1 amide bonds. The number of halogens is 3. The third-order valence-electron chi connectivity index (χ3n) is 2.45. The van der Waals surface area contributed by atoms with Gasteiger partial charge in [-0.15, -0.1) is 0 Å². The summed E-state index contributed by atoms with van der Waals surface area (Å²) < 4.78 is 39.3. The van der Waals surface area contributed by atoms with Crippen LogP contribution in [0.4, 0.5) is 13.2 Å². The molecule has 1 aromatic carbocycles. The normalized spacial score (nSPS) is 12.3. The zero-order chi connectivity index (χ0) is 14.7. The lowest BCUT2D eigenvalue weighted by Crippen LogP contribution is -2.44. The van der Waals surface area contributed by atoms with E-state index in [1.165, 1.54) is 13.8 Å². The molecule has 0 fully saturated rings. The average molecular weight is 275 g/mol. The molecule has 7 heteroatoms. The largest absolute Gasteiger partial charge is 0.480 e. The van der Waals surface area contributed by atoms with E-state index in [2.05, 4.69) is 0 Å². The average Bonchev–Trinajstić information content (AvgIpc) is 2.23. The van der Waals surface area contributed by atoms with E-state index in [1.54, 1.807) is 0 Å². The Bertz CT molecular complexity index is 494. The molecule has 2 N–H and O–H groups in total. The molecule has 1 aromatic rings. The molecule has 0 saturated carbocycles. The third-order valence-corrected chi connectivity index (χ3v) is 2.45. The van der Waals surface area contributed by atoms with Crippen LogP contribution in [0, 0.1) is 23.4 Å². The van der Waals surface area contributed by atoms with Gasteiger partial charge in [0.15, 0.2) is 0 Å². The number of aliphatic carboxylic acids is 1. The maximum absolute atomic E-state index is 13.3. The Labute approximate surface area is 107 Å². The van der Waals surface area contributed by atoms with Gasteiger partial charge in [0.2, 0.25) is 0 Å². The summed E-state index contributed by atoms with van der Waals surface area (Å²) in [6.07, 6.45) is 0. The van der Waals surface area contributed by atoms with Crippen LogP contribution in [0.2, 0.25) is 0 Å². The molecule has 0 bridgehead atoms. The van der Waals surface area contributed by atoms with Crippen LogP contribution in [0.1, 0.15) is 24.2 Å². The van der Waals surface area contributed by atoms with Crippen LogP contribution in [0.3, 0.4) is 0 Å². The van der Waals surface area contributed by atoms with E-state index in [1.807, 2.05) is 5.32 Å². The third kappa shape index (κ3) is 3.46. The Balaban J connectivity index is 3.05. The zero-order valence-corrected chi connectivity index (χ0v) is 10.2. The van der Waals surface area contributed by atoms with Crippen LogP contribution >= 0.6 is 0 Å². The first-order valence-corrected chi connectivity index (χ1v) is 5.42. The van der Waals surface area contributed by atoms with Crippen molar-refractivity contribution in [3.63, 3.8) is 0 Å². The van der Waals surface area contributed by atoms with Gasteiger partial charge in [-0.3, -0.25) is 4.79 Å². The number of hydrogen-bond donors (Lipinski definition) is 2. The number of hydrogen-bond acceptors (Lipinski definition) is 2. The molecular weight excluding hydrogens is 263 g/mol. The molecule has 1 unspecified atom stereocenters. The predicted octanol–water partition coefficient (Wildman–Crippen LogP) is 1.94. The monoisotopic (exact) mass is 275 g/mol. The highest BCUT2D eigenvalue weighted by atomic mass is 19.1. The molecule has 0 aromatic heterocycles. The van der Waals surface area contributed by atoms with Gasteiger partial charge in [-0.1, -0.05) is 13.8 Å². The lowest BCUT2D eigenvalue weighted by molar-refractivity contribution is -0.140. The smallest absolute Gasteiger partial charge is 0.326 e. The maximum Gasteiger partial charge on any atom is 0.326 e. The number of benzene rings is 1. The van der Waals surface area contributed by atoms with Crippen molar-refractivity contribution in [2.24, 2.45) is 5.92 Å². The Kier molecular flexibility index (Phi) is 4.52. The van der Waals surface area contributed by atoms with Gasteiger partial charge in [-0.2, -0.15) is 0 Å². The van der Waals surface area contributed by atoms with Gasteiger partial charge in [0.1, 0.15) is 29.1 Å². The van der Waals surface area contributed by atoms with E-state index < -0.39 is 46.9 Å². The molecule has 0 spiro atoms. The highest BCUT2D eigenvalue weighted by molar-refractivity contribution is 5.97. The number of rotatable bonds is 4. The fraction of sp³-hybridized carbons (Fsp3) is 0.333. The van der Waals surface area contributed by atoms with Gasteiger partial charge in [0, 0.05) is 12.1 Å². The minimum Gasteiger partial charge on any atom is -0.480 e. The summed E-state index contributed by atoms with van der Waals surface area (Å²) in [5.74, 6) is -6.98. The Morgan fingerprint density at radius 3 is 2.00 bits per heavy atom. The van der Waals surface area contributed by atoms with Crippen LogP contribution in [0.5, 0.6) is 0 Å². The second-order valence-corrected chi connectivity index (χ2v) is 4.28. The van der Waals surface area contributed by atoms with Crippen LogP contribution in [0.15, 0.2) is 12.1 Å². The number of nitrogens with one attached hydrogen (secondary N) is 1. The van der Waals surface area contributed by atoms with Gasteiger partial charge in [-0.25, -0.2) is 18.0 Å². The summed E-state index contributed by atoms with van der Waals surface area (Å²) in [5, 5.41) is 10.9. The number of carbonyl (C=O) groups excluding carboxylic acids is 1. The molecule has 4 nitrogen and oxygen atoms in total. The van der Waals surface area contributed by atoms with Gasteiger partial charge in [0.05, 0.1) is 0 Å². The standard InChI is InChI=1S/C12H12F3NO3/c1-5(2)10(12(18)19)16-11(17)9-7(14)3-6(13)4-8(9)15/h3-5,10H,1-2H3,(H,16,17)(H,18,19). The second-order valence-electron chi connectivity index (χ2n) is 4.28. The number of amides is 1. The van der Waals surface area contributed by atoms with E-state index in [0.717, 1.165) is 0 Å². The van der Waals surface area contributed by atoms with Crippen molar-refractivity contribution in [1.29, 1.82) is 0 Å². The van der Waals surface area contributed by atoms with Crippen molar-refractivity contribution in [3.8, 4) is 0 Å². The number of carboxylic acids is 1. The molecule has 0 aliphatic carbocycles. The summed E-state index contributed by atoms with van der Waals surface area (Å²) in [5.41, 5.74) is -1.01. The number of carbonyl (C=O) groups is 2. The molecule has 1 atom stereocenters.